The first-order valence-corrected chi connectivity index (χ1v) is 30.3. The van der Waals surface area contributed by atoms with Gasteiger partial charge in [0.15, 0.2) is 0 Å². The molecule has 0 aliphatic rings. The molecule has 0 rings (SSSR count). The molecule has 66 heavy (non-hydrogen) atoms. The fourth-order valence-corrected chi connectivity index (χ4v) is 9.76. The number of unbranched alkanes of at least 4 members (excludes halogenated alkanes) is 46. The van der Waals surface area contributed by atoms with Crippen molar-refractivity contribution >= 4 is 11.9 Å². The Bertz CT molecular complexity index is 944. The van der Waals surface area contributed by atoms with Gasteiger partial charge in [0, 0.05) is 12.8 Å². The van der Waals surface area contributed by atoms with Crippen molar-refractivity contribution in [1.29, 1.82) is 0 Å². The predicted molar refractivity (Wildman–Crippen MR) is 287 cm³/mol. The third-order valence-corrected chi connectivity index (χ3v) is 14.4. The van der Waals surface area contributed by atoms with E-state index >= 15 is 0 Å². The van der Waals surface area contributed by atoms with E-state index < -0.39 is 12.1 Å². The molecule has 0 aliphatic heterocycles. The molecule has 3 N–H and O–H groups in total. The number of ether oxygens (including phenoxy) is 1. The second kappa shape index (κ2) is 56.4. The first-order chi connectivity index (χ1) is 32.5. The van der Waals surface area contributed by atoms with Gasteiger partial charge < -0.3 is 20.3 Å². The summed E-state index contributed by atoms with van der Waals surface area (Å²) in [6.45, 7) is 4.97. The van der Waals surface area contributed by atoms with E-state index in [1.807, 2.05) is 0 Å². The van der Waals surface area contributed by atoms with Gasteiger partial charge in [-0.2, -0.15) is 0 Å². The summed E-state index contributed by atoms with van der Waals surface area (Å²) in [5, 5.41) is 23.2. The first-order valence-electron chi connectivity index (χ1n) is 30.3. The van der Waals surface area contributed by atoms with Crippen molar-refractivity contribution < 1.29 is 24.5 Å². The van der Waals surface area contributed by atoms with Gasteiger partial charge in [-0.25, -0.2) is 0 Å². The lowest BCUT2D eigenvalue weighted by Gasteiger charge is -2.22. The van der Waals surface area contributed by atoms with Gasteiger partial charge in [-0.1, -0.05) is 309 Å². The van der Waals surface area contributed by atoms with Crippen LogP contribution >= 0.6 is 0 Å². The first kappa shape index (κ1) is 64.9. The molecule has 0 aliphatic carbocycles. The molecule has 394 valence electrons. The maximum absolute atomic E-state index is 12.4. The minimum absolute atomic E-state index is 0.0186. The Hall–Kier alpha value is -1.14. The number of hydrogen-bond acceptors (Lipinski definition) is 5. The number of nitrogens with one attached hydrogen (secondary N) is 1. The van der Waals surface area contributed by atoms with Gasteiger partial charge in [0.2, 0.25) is 5.91 Å². The van der Waals surface area contributed by atoms with E-state index in [-0.39, 0.29) is 18.5 Å². The fourth-order valence-electron chi connectivity index (χ4n) is 9.76. The molecule has 0 radical (unpaired) electrons. The van der Waals surface area contributed by atoms with Gasteiger partial charge in [0.1, 0.15) is 0 Å². The molecular formula is C60H119NO5. The number of aliphatic hydroxyl groups is 2. The smallest absolute Gasteiger partial charge is 0.305 e. The van der Waals surface area contributed by atoms with E-state index in [9.17, 15) is 19.8 Å². The standard InChI is InChI=1S/C60H119NO5/c1-3-5-7-9-11-13-15-34-38-42-46-50-54-60(65)66-55-51-47-43-39-35-31-29-27-25-23-21-19-17-16-18-20-22-24-26-28-30-33-37-41-45-49-53-59(64)61-57(56-62)58(63)52-48-44-40-36-32-14-12-10-8-6-4-2/h57-58,62-63H,3-56H2,1-2H3,(H,61,64). The van der Waals surface area contributed by atoms with Crippen LogP contribution in [0.1, 0.15) is 348 Å². The van der Waals surface area contributed by atoms with Crippen LogP contribution in [0.5, 0.6) is 0 Å². The van der Waals surface area contributed by atoms with E-state index in [4.69, 9.17) is 4.74 Å². The van der Waals surface area contributed by atoms with Crippen molar-refractivity contribution in [1.82, 2.24) is 5.32 Å². The molecule has 2 unspecified atom stereocenters. The summed E-state index contributed by atoms with van der Waals surface area (Å²) in [5.41, 5.74) is 0. The molecule has 1 amide bonds. The Morgan fingerprint density at radius 2 is 0.621 bits per heavy atom. The van der Waals surface area contributed by atoms with E-state index in [0.717, 1.165) is 38.5 Å². The summed E-state index contributed by atoms with van der Waals surface area (Å²) < 4.78 is 5.48. The Balaban J connectivity index is 3.32. The Labute approximate surface area is 413 Å². The number of rotatable bonds is 57. The maximum Gasteiger partial charge on any atom is 0.305 e. The fraction of sp³-hybridized carbons (Fsp3) is 0.967. The van der Waals surface area contributed by atoms with Crippen molar-refractivity contribution in [3.8, 4) is 0 Å². The lowest BCUT2D eigenvalue weighted by molar-refractivity contribution is -0.143. The van der Waals surface area contributed by atoms with Crippen LogP contribution in [0.2, 0.25) is 0 Å². The van der Waals surface area contributed by atoms with Crippen LogP contribution in [-0.2, 0) is 14.3 Å². The molecule has 0 heterocycles. The molecule has 0 bridgehead atoms. The average Bonchev–Trinajstić information content (AvgIpc) is 3.32. The molecule has 6 nitrogen and oxygen atoms in total. The summed E-state index contributed by atoms with van der Waals surface area (Å²) in [6.07, 6.45) is 65.5. The van der Waals surface area contributed by atoms with Crippen molar-refractivity contribution in [2.45, 2.75) is 360 Å². The number of aliphatic hydroxyl groups excluding tert-OH is 2. The molecule has 0 spiro atoms. The molecule has 0 aromatic carbocycles. The number of carbonyl (C=O) groups is 2. The van der Waals surface area contributed by atoms with Crippen LogP contribution in [-0.4, -0.2) is 47.4 Å². The van der Waals surface area contributed by atoms with Crippen molar-refractivity contribution in [2.75, 3.05) is 13.2 Å². The topological polar surface area (TPSA) is 95.9 Å². The van der Waals surface area contributed by atoms with Crippen molar-refractivity contribution in [2.24, 2.45) is 0 Å². The van der Waals surface area contributed by atoms with Gasteiger partial charge in [-0.05, 0) is 25.7 Å². The molecule has 0 saturated heterocycles. The zero-order chi connectivity index (χ0) is 47.9. The largest absolute Gasteiger partial charge is 0.466 e. The molecule has 0 aromatic heterocycles. The molecular weight excluding hydrogens is 815 g/mol. The quantitative estimate of drug-likeness (QED) is 0.0417. The number of esters is 1. The molecule has 2 atom stereocenters. The third-order valence-electron chi connectivity index (χ3n) is 14.4. The van der Waals surface area contributed by atoms with Crippen molar-refractivity contribution in [3.05, 3.63) is 0 Å². The number of hydrogen-bond donors (Lipinski definition) is 3. The van der Waals surface area contributed by atoms with E-state index in [2.05, 4.69) is 19.2 Å². The highest BCUT2D eigenvalue weighted by atomic mass is 16.5. The number of amides is 1. The number of carbonyl (C=O) groups excluding carboxylic acids is 2. The van der Waals surface area contributed by atoms with Gasteiger partial charge in [-0.3, -0.25) is 9.59 Å². The summed E-state index contributed by atoms with van der Waals surface area (Å²) >= 11 is 0. The van der Waals surface area contributed by atoms with Crippen LogP contribution in [0.15, 0.2) is 0 Å². The molecule has 0 aromatic rings. The van der Waals surface area contributed by atoms with Crippen molar-refractivity contribution in [3.63, 3.8) is 0 Å². The lowest BCUT2D eigenvalue weighted by Crippen LogP contribution is -2.45. The second-order valence-corrected chi connectivity index (χ2v) is 21.1. The summed E-state index contributed by atoms with van der Waals surface area (Å²) in [5.74, 6) is -0.0132. The molecule has 6 heteroatoms. The van der Waals surface area contributed by atoms with Crippen LogP contribution in [0.3, 0.4) is 0 Å². The summed E-state index contributed by atoms with van der Waals surface area (Å²) in [7, 11) is 0. The van der Waals surface area contributed by atoms with Gasteiger partial charge >= 0.3 is 5.97 Å². The van der Waals surface area contributed by atoms with Crippen LogP contribution in [0.25, 0.3) is 0 Å². The third kappa shape index (κ3) is 52.2. The summed E-state index contributed by atoms with van der Waals surface area (Å²) in [6, 6.07) is -0.537. The Morgan fingerprint density at radius 3 is 0.924 bits per heavy atom. The summed E-state index contributed by atoms with van der Waals surface area (Å²) in [4.78, 5) is 24.5. The molecule has 0 fully saturated rings. The monoisotopic (exact) mass is 934 g/mol. The Kier molecular flexibility index (Phi) is 55.5. The van der Waals surface area contributed by atoms with Gasteiger partial charge in [0.25, 0.3) is 0 Å². The predicted octanol–water partition coefficient (Wildman–Crippen LogP) is 18.7. The van der Waals surface area contributed by atoms with Crippen LogP contribution in [0.4, 0.5) is 0 Å². The molecule has 0 saturated carbocycles. The lowest BCUT2D eigenvalue weighted by atomic mass is 10.0. The highest BCUT2D eigenvalue weighted by molar-refractivity contribution is 5.76. The normalized spacial score (nSPS) is 12.5. The van der Waals surface area contributed by atoms with E-state index in [1.54, 1.807) is 0 Å². The SMILES string of the molecule is CCCCCCCCCCCCCCC(=O)OCCCCCCCCCCCCCCCCCCCCCCCCCCCCC(=O)NC(CO)C(O)CCCCCCCCCCCCC. The van der Waals surface area contributed by atoms with Crippen LogP contribution < -0.4 is 5.32 Å². The van der Waals surface area contributed by atoms with E-state index in [0.29, 0.717) is 25.9 Å². The maximum atomic E-state index is 12.4. The zero-order valence-corrected chi connectivity index (χ0v) is 45.0. The van der Waals surface area contributed by atoms with Gasteiger partial charge in [-0.15, -0.1) is 0 Å². The highest BCUT2D eigenvalue weighted by Gasteiger charge is 2.20. The zero-order valence-electron chi connectivity index (χ0n) is 45.0. The minimum atomic E-state index is -0.659. The second-order valence-electron chi connectivity index (χ2n) is 21.1. The van der Waals surface area contributed by atoms with Gasteiger partial charge in [0.05, 0.1) is 25.4 Å². The van der Waals surface area contributed by atoms with Crippen LogP contribution in [0, 0.1) is 0 Å². The highest BCUT2D eigenvalue weighted by Crippen LogP contribution is 2.18. The average molecular weight is 935 g/mol. The minimum Gasteiger partial charge on any atom is -0.466 e. The van der Waals surface area contributed by atoms with E-state index in [1.165, 1.54) is 276 Å². The Morgan fingerprint density at radius 1 is 0.364 bits per heavy atom.